The van der Waals surface area contributed by atoms with Gasteiger partial charge in [-0.15, -0.1) is 0 Å². The van der Waals surface area contributed by atoms with Crippen LogP contribution < -0.4 is 0 Å². The maximum absolute atomic E-state index is 12.5. The molecular weight excluding hydrogens is 296 g/mol. The molecule has 7 heteroatoms. The SMILES string of the molecule is Cc1cnc(C(=O)N2CCN(C(=O)OC(C)(C)C)C(C)C2)cn1. The van der Waals surface area contributed by atoms with Gasteiger partial charge >= 0.3 is 6.09 Å². The van der Waals surface area contributed by atoms with Crippen molar-refractivity contribution in [3.05, 3.63) is 23.8 Å². The molecule has 2 rings (SSSR count). The van der Waals surface area contributed by atoms with Crippen molar-refractivity contribution in [3.63, 3.8) is 0 Å². The predicted molar refractivity (Wildman–Crippen MR) is 85.1 cm³/mol. The third kappa shape index (κ3) is 4.40. The highest BCUT2D eigenvalue weighted by molar-refractivity contribution is 5.92. The molecule has 7 nitrogen and oxygen atoms in total. The van der Waals surface area contributed by atoms with E-state index in [1.165, 1.54) is 6.20 Å². The van der Waals surface area contributed by atoms with Gasteiger partial charge in [0, 0.05) is 31.9 Å². The maximum Gasteiger partial charge on any atom is 0.410 e. The Morgan fingerprint density at radius 1 is 1.22 bits per heavy atom. The first kappa shape index (κ1) is 17.2. The molecular formula is C16H24N4O3. The lowest BCUT2D eigenvalue weighted by Gasteiger charge is -2.40. The highest BCUT2D eigenvalue weighted by atomic mass is 16.6. The summed E-state index contributed by atoms with van der Waals surface area (Å²) in [6.45, 7) is 10.6. The Hall–Kier alpha value is -2.18. The van der Waals surface area contributed by atoms with Crippen molar-refractivity contribution in [1.29, 1.82) is 0 Å². The zero-order valence-corrected chi connectivity index (χ0v) is 14.4. The number of carbonyl (C=O) groups excluding carboxylic acids is 2. The fraction of sp³-hybridized carbons (Fsp3) is 0.625. The molecule has 0 aliphatic carbocycles. The second kappa shape index (κ2) is 6.52. The summed E-state index contributed by atoms with van der Waals surface area (Å²) in [5, 5.41) is 0. The molecule has 1 fully saturated rings. The molecule has 0 N–H and O–H groups in total. The Morgan fingerprint density at radius 3 is 2.43 bits per heavy atom. The van der Waals surface area contributed by atoms with Crippen LogP contribution in [0.1, 0.15) is 43.9 Å². The monoisotopic (exact) mass is 320 g/mol. The third-order valence-electron chi connectivity index (χ3n) is 3.54. The van der Waals surface area contributed by atoms with Gasteiger partial charge in [-0.1, -0.05) is 0 Å². The van der Waals surface area contributed by atoms with Crippen LogP contribution in [-0.2, 0) is 4.74 Å². The average Bonchev–Trinajstić information content (AvgIpc) is 2.45. The molecule has 0 saturated carbocycles. The highest BCUT2D eigenvalue weighted by Gasteiger charge is 2.33. The quantitative estimate of drug-likeness (QED) is 0.789. The highest BCUT2D eigenvalue weighted by Crippen LogP contribution is 2.16. The Balaban J connectivity index is 1.99. The number of nitrogens with zero attached hydrogens (tertiary/aromatic N) is 4. The predicted octanol–water partition coefficient (Wildman–Crippen LogP) is 1.87. The summed E-state index contributed by atoms with van der Waals surface area (Å²) >= 11 is 0. The molecule has 126 valence electrons. The van der Waals surface area contributed by atoms with Gasteiger partial charge in [0.15, 0.2) is 0 Å². The van der Waals surface area contributed by atoms with Crippen molar-refractivity contribution < 1.29 is 14.3 Å². The standard InChI is InChI=1S/C16H24N4O3/c1-11-8-18-13(9-17-11)14(21)19-6-7-20(12(2)10-19)15(22)23-16(3,4)5/h8-9,12H,6-7,10H2,1-5H3. The maximum atomic E-state index is 12.5. The fourth-order valence-corrected chi connectivity index (χ4v) is 2.40. The largest absolute Gasteiger partial charge is 0.444 e. The zero-order valence-electron chi connectivity index (χ0n) is 14.4. The van der Waals surface area contributed by atoms with E-state index < -0.39 is 5.60 Å². The van der Waals surface area contributed by atoms with E-state index >= 15 is 0 Å². The molecule has 0 radical (unpaired) electrons. The minimum absolute atomic E-state index is 0.110. The summed E-state index contributed by atoms with van der Waals surface area (Å²) in [4.78, 5) is 36.2. The normalized spacial score (nSPS) is 18.7. The van der Waals surface area contributed by atoms with Crippen LogP contribution in [-0.4, -0.2) is 63.0 Å². The second-order valence-electron chi connectivity index (χ2n) is 6.82. The Bertz CT molecular complexity index is 580. The third-order valence-corrected chi connectivity index (χ3v) is 3.54. The van der Waals surface area contributed by atoms with Crippen LogP contribution >= 0.6 is 0 Å². The number of hydrogen-bond acceptors (Lipinski definition) is 5. The van der Waals surface area contributed by atoms with E-state index in [0.717, 1.165) is 5.69 Å². The molecule has 1 aliphatic heterocycles. The number of ether oxygens (including phenoxy) is 1. The number of hydrogen-bond donors (Lipinski definition) is 0. The molecule has 0 bridgehead atoms. The molecule has 0 spiro atoms. The first-order valence-corrected chi connectivity index (χ1v) is 7.75. The van der Waals surface area contributed by atoms with Crippen LogP contribution in [0.5, 0.6) is 0 Å². The van der Waals surface area contributed by atoms with E-state index in [2.05, 4.69) is 9.97 Å². The topological polar surface area (TPSA) is 75.6 Å². The van der Waals surface area contributed by atoms with Crippen LogP contribution in [0, 0.1) is 6.92 Å². The number of piperazine rings is 1. The Morgan fingerprint density at radius 2 is 1.91 bits per heavy atom. The Kier molecular flexibility index (Phi) is 4.87. The van der Waals surface area contributed by atoms with Gasteiger partial charge in [0.1, 0.15) is 11.3 Å². The van der Waals surface area contributed by atoms with E-state index in [1.54, 1.807) is 16.0 Å². The van der Waals surface area contributed by atoms with Crippen molar-refractivity contribution in [2.75, 3.05) is 19.6 Å². The van der Waals surface area contributed by atoms with Crippen molar-refractivity contribution >= 4 is 12.0 Å². The molecule has 23 heavy (non-hydrogen) atoms. The lowest BCUT2D eigenvalue weighted by molar-refractivity contribution is 0.00189. The van der Waals surface area contributed by atoms with Gasteiger partial charge in [-0.3, -0.25) is 9.78 Å². The van der Waals surface area contributed by atoms with E-state index in [4.69, 9.17) is 4.74 Å². The first-order valence-electron chi connectivity index (χ1n) is 7.75. The molecule has 1 aromatic heterocycles. The molecule has 1 atom stereocenters. The summed E-state index contributed by atoms with van der Waals surface area (Å²) in [6, 6.07) is -0.110. The van der Waals surface area contributed by atoms with Crippen molar-refractivity contribution in [2.45, 2.75) is 46.3 Å². The van der Waals surface area contributed by atoms with Crippen molar-refractivity contribution in [2.24, 2.45) is 0 Å². The van der Waals surface area contributed by atoms with Crippen LogP contribution in [0.15, 0.2) is 12.4 Å². The fourth-order valence-electron chi connectivity index (χ4n) is 2.40. The van der Waals surface area contributed by atoms with Crippen LogP contribution in [0.4, 0.5) is 4.79 Å². The van der Waals surface area contributed by atoms with Gasteiger partial charge in [-0.2, -0.15) is 0 Å². The second-order valence-corrected chi connectivity index (χ2v) is 6.82. The number of aryl methyl sites for hydroxylation is 1. The number of rotatable bonds is 1. The average molecular weight is 320 g/mol. The van der Waals surface area contributed by atoms with E-state index in [-0.39, 0.29) is 18.0 Å². The minimum atomic E-state index is -0.527. The lowest BCUT2D eigenvalue weighted by Crippen LogP contribution is -2.56. The molecule has 0 aromatic carbocycles. The van der Waals surface area contributed by atoms with Gasteiger partial charge in [0.05, 0.1) is 11.9 Å². The van der Waals surface area contributed by atoms with Gasteiger partial charge in [0.2, 0.25) is 0 Å². The van der Waals surface area contributed by atoms with E-state index in [1.807, 2.05) is 34.6 Å². The Labute approximate surface area is 136 Å². The molecule has 1 unspecified atom stereocenters. The van der Waals surface area contributed by atoms with Crippen LogP contribution in [0.25, 0.3) is 0 Å². The molecule has 1 saturated heterocycles. The molecule has 1 aliphatic rings. The van der Waals surface area contributed by atoms with Gasteiger partial charge in [-0.25, -0.2) is 9.78 Å². The number of amides is 2. The molecule has 2 amide bonds. The molecule has 1 aromatic rings. The lowest BCUT2D eigenvalue weighted by atomic mass is 10.2. The van der Waals surface area contributed by atoms with Crippen LogP contribution in [0.2, 0.25) is 0 Å². The minimum Gasteiger partial charge on any atom is -0.444 e. The van der Waals surface area contributed by atoms with E-state index in [0.29, 0.717) is 25.3 Å². The van der Waals surface area contributed by atoms with Crippen LogP contribution in [0.3, 0.4) is 0 Å². The number of carbonyl (C=O) groups is 2. The molecule has 2 heterocycles. The smallest absolute Gasteiger partial charge is 0.410 e. The van der Waals surface area contributed by atoms with Crippen molar-refractivity contribution in [3.8, 4) is 0 Å². The van der Waals surface area contributed by atoms with E-state index in [9.17, 15) is 9.59 Å². The summed E-state index contributed by atoms with van der Waals surface area (Å²) in [5.41, 5.74) is 0.569. The summed E-state index contributed by atoms with van der Waals surface area (Å²) in [7, 11) is 0. The van der Waals surface area contributed by atoms with Gasteiger partial charge in [-0.05, 0) is 34.6 Å². The zero-order chi connectivity index (χ0) is 17.2. The van der Waals surface area contributed by atoms with Gasteiger partial charge < -0.3 is 14.5 Å². The van der Waals surface area contributed by atoms with Gasteiger partial charge in [0.25, 0.3) is 5.91 Å². The summed E-state index contributed by atoms with van der Waals surface area (Å²) < 4.78 is 5.40. The summed E-state index contributed by atoms with van der Waals surface area (Å²) in [6.07, 6.45) is 2.73. The number of aromatic nitrogens is 2. The van der Waals surface area contributed by atoms with Crippen molar-refractivity contribution in [1.82, 2.24) is 19.8 Å². The first-order chi connectivity index (χ1) is 10.7. The summed E-state index contributed by atoms with van der Waals surface area (Å²) in [5.74, 6) is -0.159.